The molecule has 0 amide bonds. The minimum Gasteiger partial charge on any atom is -0.138 e. The molecule has 0 nitrogen and oxygen atoms in total. The van der Waals surface area contributed by atoms with Crippen LogP contribution in [0.25, 0.3) is 19.5 Å². The molecule has 0 saturated heterocycles. The molecule has 0 spiro atoms. The van der Waals surface area contributed by atoms with Gasteiger partial charge in [0.2, 0.25) is 0 Å². The molecule has 0 atom stereocenters. The number of aryl methyl sites for hydroxylation is 4. The summed E-state index contributed by atoms with van der Waals surface area (Å²) in [6.45, 7) is 8.63. The lowest BCUT2D eigenvalue weighted by Crippen LogP contribution is -1.82. The molecular weight excluding hydrogens is 417 g/mol. The first kappa shape index (κ1) is 18.0. The van der Waals surface area contributed by atoms with Crippen LogP contribution in [0.15, 0.2) is 24.3 Å². The van der Waals surface area contributed by atoms with Crippen LogP contribution in [0.1, 0.15) is 41.8 Å². The Morgan fingerprint density at radius 3 is 0.857 bits per heavy atom. The van der Waals surface area contributed by atoms with E-state index >= 15 is 0 Å². The molecule has 28 heavy (non-hydrogen) atoms. The largest absolute Gasteiger partial charge is 0.138 e. The summed E-state index contributed by atoms with van der Waals surface area (Å²) in [7, 11) is 0. The number of hydrogen-bond acceptors (Lipinski definition) is 4. The molecule has 0 aliphatic heterocycles. The Labute approximate surface area is 181 Å². The summed E-state index contributed by atoms with van der Waals surface area (Å²) in [5.41, 5.74) is 4.46. The molecule has 4 aromatic heterocycles. The van der Waals surface area contributed by atoms with E-state index in [0.717, 1.165) is 22.3 Å². The quantitative estimate of drug-likeness (QED) is 0.221. The van der Waals surface area contributed by atoms with Crippen molar-refractivity contribution in [2.75, 3.05) is 0 Å². The van der Waals surface area contributed by atoms with Crippen molar-refractivity contribution in [3.63, 3.8) is 0 Å². The van der Waals surface area contributed by atoms with Crippen molar-refractivity contribution < 1.29 is 0 Å². The van der Waals surface area contributed by atoms with Crippen LogP contribution in [0.4, 0.5) is 0 Å². The number of thiophene rings is 4. The molecule has 4 aromatic rings. The molecule has 1 aliphatic rings. The van der Waals surface area contributed by atoms with Crippen molar-refractivity contribution in [1.29, 1.82) is 0 Å². The SMILES string of the molecule is Cc1cc2c(s1)-c1sc(C)cc1C#Cc1cc(C)sc1-c1sc(C)cc1C#C2. The maximum Gasteiger partial charge on any atom is 0.0614 e. The highest BCUT2D eigenvalue weighted by atomic mass is 32.1. The second-order valence-electron chi connectivity index (χ2n) is 6.90. The molecule has 136 valence electrons. The van der Waals surface area contributed by atoms with Gasteiger partial charge in [-0.25, -0.2) is 0 Å². The van der Waals surface area contributed by atoms with Crippen molar-refractivity contribution in [2.45, 2.75) is 27.7 Å². The van der Waals surface area contributed by atoms with Crippen LogP contribution in [0, 0.1) is 51.4 Å². The third-order valence-electron chi connectivity index (χ3n) is 4.50. The molecule has 0 bridgehead atoms. The first-order valence-corrected chi connectivity index (χ1v) is 12.2. The topological polar surface area (TPSA) is 0 Å². The molecule has 0 aromatic carbocycles. The Morgan fingerprint density at radius 2 is 0.643 bits per heavy atom. The molecule has 0 saturated carbocycles. The van der Waals surface area contributed by atoms with E-state index in [1.165, 1.54) is 39.0 Å². The number of fused-ring (bicyclic) bond motifs is 6. The van der Waals surface area contributed by atoms with E-state index in [1.807, 2.05) is 45.3 Å². The molecule has 0 fully saturated rings. The monoisotopic (exact) mass is 432 g/mol. The van der Waals surface area contributed by atoms with E-state index in [1.54, 1.807) is 0 Å². The van der Waals surface area contributed by atoms with Gasteiger partial charge in [0.25, 0.3) is 0 Å². The summed E-state index contributed by atoms with van der Waals surface area (Å²) in [5.74, 6) is 14.0. The van der Waals surface area contributed by atoms with Crippen molar-refractivity contribution in [2.24, 2.45) is 0 Å². The smallest absolute Gasteiger partial charge is 0.0614 e. The molecular formula is C24H16S4. The fourth-order valence-corrected chi connectivity index (χ4v) is 7.56. The Morgan fingerprint density at radius 1 is 0.429 bits per heavy atom. The second kappa shape index (κ2) is 6.76. The zero-order chi connectivity index (χ0) is 19.4. The first-order chi connectivity index (χ1) is 13.5. The van der Waals surface area contributed by atoms with Gasteiger partial charge in [-0.1, -0.05) is 23.7 Å². The van der Waals surface area contributed by atoms with E-state index in [0.29, 0.717) is 0 Å². The number of hydrogen-bond donors (Lipinski definition) is 0. The fraction of sp³-hybridized carbons (Fsp3) is 0.167. The van der Waals surface area contributed by atoms with Gasteiger partial charge in [0.1, 0.15) is 0 Å². The van der Waals surface area contributed by atoms with Gasteiger partial charge >= 0.3 is 0 Å². The Bertz CT molecular complexity index is 1150. The third kappa shape index (κ3) is 3.08. The van der Waals surface area contributed by atoms with E-state index in [9.17, 15) is 0 Å². The second-order valence-corrected chi connectivity index (χ2v) is 11.9. The van der Waals surface area contributed by atoms with Gasteiger partial charge in [-0.05, 0) is 52.0 Å². The maximum absolute atomic E-state index is 3.49. The Balaban J connectivity index is 1.86. The van der Waals surface area contributed by atoms with Crippen molar-refractivity contribution in [3.05, 3.63) is 66.0 Å². The lowest BCUT2D eigenvalue weighted by Gasteiger charge is -1.99. The minimum atomic E-state index is 1.12. The van der Waals surface area contributed by atoms with Crippen molar-refractivity contribution >= 4 is 45.3 Å². The molecule has 4 heterocycles. The van der Waals surface area contributed by atoms with Crippen LogP contribution in [0.2, 0.25) is 0 Å². The highest BCUT2D eigenvalue weighted by Gasteiger charge is 2.18. The number of rotatable bonds is 0. The predicted molar refractivity (Wildman–Crippen MR) is 126 cm³/mol. The van der Waals surface area contributed by atoms with Crippen molar-refractivity contribution in [1.82, 2.24) is 0 Å². The van der Waals surface area contributed by atoms with Gasteiger partial charge < -0.3 is 0 Å². The lowest BCUT2D eigenvalue weighted by molar-refractivity contribution is 1.60. The van der Waals surface area contributed by atoms with Crippen molar-refractivity contribution in [3.8, 4) is 43.2 Å². The van der Waals surface area contributed by atoms with Crippen LogP contribution >= 0.6 is 45.3 Å². The maximum atomic E-state index is 3.49. The molecule has 4 heteroatoms. The van der Waals surface area contributed by atoms with Crippen LogP contribution in [-0.2, 0) is 0 Å². The minimum absolute atomic E-state index is 1.12. The molecule has 0 N–H and O–H groups in total. The molecule has 1 aliphatic carbocycles. The average Bonchev–Trinajstić information content (AvgIpc) is 3.37. The Kier molecular flexibility index (Phi) is 4.34. The third-order valence-corrected chi connectivity index (χ3v) is 9.03. The summed E-state index contributed by atoms with van der Waals surface area (Å²) in [6.07, 6.45) is 0. The van der Waals surface area contributed by atoms with Crippen LogP contribution < -0.4 is 0 Å². The van der Waals surface area contributed by atoms with Crippen LogP contribution in [0.5, 0.6) is 0 Å². The lowest BCUT2D eigenvalue weighted by atomic mass is 10.1. The summed E-state index contributed by atoms with van der Waals surface area (Å²) in [4.78, 5) is 10.2. The van der Waals surface area contributed by atoms with Gasteiger partial charge in [-0.3, -0.25) is 0 Å². The summed E-state index contributed by atoms with van der Waals surface area (Å²) < 4.78 is 0. The zero-order valence-corrected chi connectivity index (χ0v) is 19.2. The van der Waals surface area contributed by atoms with Crippen LogP contribution in [-0.4, -0.2) is 0 Å². The predicted octanol–water partition coefficient (Wildman–Crippen LogP) is 7.61. The van der Waals surface area contributed by atoms with E-state index in [-0.39, 0.29) is 0 Å². The summed E-state index contributed by atoms with van der Waals surface area (Å²) >= 11 is 7.27. The van der Waals surface area contributed by atoms with E-state index < -0.39 is 0 Å². The molecule has 0 radical (unpaired) electrons. The van der Waals surface area contributed by atoms with E-state index in [4.69, 9.17) is 0 Å². The standard InChI is InChI=1S/C24H16S4/c1-13-9-17-5-6-19-11-15(3)27-23(19)24-20(12-16(4)28-24)8-7-18-10-14(2)26-22(18)21(17)25-13/h9-12H,1-4H3. The van der Waals surface area contributed by atoms with E-state index in [2.05, 4.69) is 75.6 Å². The van der Waals surface area contributed by atoms with Crippen LogP contribution in [0.3, 0.4) is 0 Å². The normalized spacial score (nSPS) is 11.6. The van der Waals surface area contributed by atoms with Gasteiger partial charge in [0, 0.05) is 41.8 Å². The van der Waals surface area contributed by atoms with Gasteiger partial charge in [0.05, 0.1) is 19.5 Å². The molecule has 5 rings (SSSR count). The Hall–Kier alpha value is -2.08. The summed E-state index contributed by atoms with van der Waals surface area (Å²) in [6, 6.07) is 8.85. The highest BCUT2D eigenvalue weighted by Crippen LogP contribution is 2.42. The van der Waals surface area contributed by atoms with Gasteiger partial charge in [0.15, 0.2) is 0 Å². The van der Waals surface area contributed by atoms with Gasteiger partial charge in [-0.15, -0.1) is 45.3 Å². The average molecular weight is 433 g/mol. The highest BCUT2D eigenvalue weighted by molar-refractivity contribution is 7.23. The fourth-order valence-electron chi connectivity index (χ4n) is 3.37. The summed E-state index contributed by atoms with van der Waals surface area (Å²) in [5, 5.41) is 0. The zero-order valence-electron chi connectivity index (χ0n) is 15.9. The van der Waals surface area contributed by atoms with Gasteiger partial charge in [-0.2, -0.15) is 0 Å². The first-order valence-electron chi connectivity index (χ1n) is 8.94. The molecule has 0 unspecified atom stereocenters.